The Bertz CT molecular complexity index is 1010. The molecule has 3 aromatic rings. The molecule has 6 nitrogen and oxygen atoms in total. The average Bonchev–Trinajstić information content (AvgIpc) is 2.69. The molecule has 0 unspecified atom stereocenters. The maximum absolute atomic E-state index is 12.6. The molecule has 1 amide bonds. The number of ether oxygens (including phenoxy) is 1. The summed E-state index contributed by atoms with van der Waals surface area (Å²) in [6.07, 6.45) is 1.56. The van der Waals surface area contributed by atoms with Crippen molar-refractivity contribution in [2.24, 2.45) is 0 Å². The van der Waals surface area contributed by atoms with Gasteiger partial charge in [-0.2, -0.15) is 5.26 Å². The first-order chi connectivity index (χ1) is 13.1. The van der Waals surface area contributed by atoms with Gasteiger partial charge in [0.05, 0.1) is 24.4 Å². The zero-order valence-electron chi connectivity index (χ0n) is 15.0. The number of hydrogen-bond donors (Lipinski definition) is 2. The Morgan fingerprint density at radius 2 is 1.89 bits per heavy atom. The Kier molecular flexibility index (Phi) is 5.33. The smallest absolute Gasteiger partial charge is 0.255 e. The van der Waals surface area contributed by atoms with Gasteiger partial charge in [-0.15, -0.1) is 0 Å². The van der Waals surface area contributed by atoms with Crippen LogP contribution >= 0.6 is 0 Å². The molecule has 2 N–H and O–H groups in total. The fourth-order valence-corrected chi connectivity index (χ4v) is 2.53. The Morgan fingerprint density at radius 1 is 1.11 bits per heavy atom. The monoisotopic (exact) mass is 358 g/mol. The van der Waals surface area contributed by atoms with E-state index in [1.807, 2.05) is 25.1 Å². The van der Waals surface area contributed by atoms with E-state index in [-0.39, 0.29) is 5.91 Å². The van der Waals surface area contributed by atoms with Crippen LogP contribution in [0.1, 0.15) is 21.5 Å². The maximum Gasteiger partial charge on any atom is 0.255 e. The minimum Gasteiger partial charge on any atom is -0.495 e. The first kappa shape index (κ1) is 18.0. The van der Waals surface area contributed by atoms with Crippen LogP contribution in [0, 0.1) is 18.3 Å². The summed E-state index contributed by atoms with van der Waals surface area (Å²) in [5, 5.41) is 14.8. The molecule has 3 rings (SSSR count). The quantitative estimate of drug-likeness (QED) is 0.711. The van der Waals surface area contributed by atoms with E-state index in [1.165, 1.54) is 0 Å². The van der Waals surface area contributed by atoms with E-state index in [9.17, 15) is 4.79 Å². The highest BCUT2D eigenvalue weighted by atomic mass is 16.5. The Balaban J connectivity index is 1.77. The summed E-state index contributed by atoms with van der Waals surface area (Å²) >= 11 is 0. The number of methoxy groups -OCH3 is 1. The zero-order chi connectivity index (χ0) is 19.2. The first-order valence-electron chi connectivity index (χ1n) is 8.28. The van der Waals surface area contributed by atoms with E-state index in [0.29, 0.717) is 28.4 Å². The van der Waals surface area contributed by atoms with Gasteiger partial charge in [-0.05, 0) is 61.0 Å². The number of aryl methyl sites for hydroxylation is 1. The Labute approximate surface area is 157 Å². The lowest BCUT2D eigenvalue weighted by atomic mass is 10.2. The number of nitriles is 1. The van der Waals surface area contributed by atoms with E-state index in [4.69, 9.17) is 10.00 Å². The van der Waals surface area contributed by atoms with Crippen LogP contribution in [0.5, 0.6) is 5.75 Å². The minimum absolute atomic E-state index is 0.260. The van der Waals surface area contributed by atoms with Crippen LogP contribution in [-0.4, -0.2) is 18.0 Å². The van der Waals surface area contributed by atoms with Crippen LogP contribution in [-0.2, 0) is 0 Å². The number of hydrogen-bond acceptors (Lipinski definition) is 5. The predicted molar refractivity (Wildman–Crippen MR) is 104 cm³/mol. The summed E-state index contributed by atoms with van der Waals surface area (Å²) in [5.41, 5.74) is 3.45. The van der Waals surface area contributed by atoms with Crippen molar-refractivity contribution in [2.75, 3.05) is 17.7 Å². The molecule has 0 atom stereocenters. The third-order valence-electron chi connectivity index (χ3n) is 3.91. The van der Waals surface area contributed by atoms with Crippen LogP contribution in [0.15, 0.2) is 60.8 Å². The number of carbonyl (C=O) groups excluding carboxylic acids is 1. The van der Waals surface area contributed by atoms with Crippen molar-refractivity contribution >= 4 is 23.1 Å². The van der Waals surface area contributed by atoms with E-state index in [1.54, 1.807) is 49.7 Å². The van der Waals surface area contributed by atoms with Crippen molar-refractivity contribution < 1.29 is 9.53 Å². The van der Waals surface area contributed by atoms with Gasteiger partial charge in [0.25, 0.3) is 5.91 Å². The second kappa shape index (κ2) is 8.02. The normalized spacial score (nSPS) is 9.96. The van der Waals surface area contributed by atoms with Crippen molar-refractivity contribution in [2.45, 2.75) is 6.92 Å². The number of amides is 1. The van der Waals surface area contributed by atoms with E-state index >= 15 is 0 Å². The van der Waals surface area contributed by atoms with Gasteiger partial charge >= 0.3 is 0 Å². The predicted octanol–water partition coefficient (Wildman–Crippen LogP) is 4.27. The van der Waals surface area contributed by atoms with Gasteiger partial charge in [0.15, 0.2) is 0 Å². The number of carbonyl (C=O) groups is 1. The van der Waals surface area contributed by atoms with Crippen molar-refractivity contribution in [1.82, 2.24) is 4.98 Å². The second-order valence-electron chi connectivity index (χ2n) is 5.90. The highest BCUT2D eigenvalue weighted by molar-refractivity contribution is 6.05. The van der Waals surface area contributed by atoms with Crippen molar-refractivity contribution in [3.63, 3.8) is 0 Å². The molecule has 0 aliphatic carbocycles. The molecule has 0 saturated heterocycles. The number of nitrogens with zero attached hydrogens (tertiary/aromatic N) is 2. The fraction of sp³-hybridized carbons (Fsp3) is 0.0952. The lowest BCUT2D eigenvalue weighted by Gasteiger charge is -2.12. The largest absolute Gasteiger partial charge is 0.495 e. The fourth-order valence-electron chi connectivity index (χ4n) is 2.53. The summed E-state index contributed by atoms with van der Waals surface area (Å²) in [5.74, 6) is 0.867. The molecule has 0 spiro atoms. The maximum atomic E-state index is 12.6. The van der Waals surface area contributed by atoms with Gasteiger partial charge in [0.2, 0.25) is 0 Å². The molecule has 0 aliphatic rings. The van der Waals surface area contributed by atoms with Gasteiger partial charge in [-0.1, -0.05) is 6.07 Å². The summed E-state index contributed by atoms with van der Waals surface area (Å²) in [4.78, 5) is 16.9. The molecule has 1 aromatic heterocycles. The van der Waals surface area contributed by atoms with E-state index < -0.39 is 0 Å². The van der Waals surface area contributed by atoms with Crippen LogP contribution < -0.4 is 15.4 Å². The second-order valence-corrected chi connectivity index (χ2v) is 5.90. The Morgan fingerprint density at radius 3 is 2.59 bits per heavy atom. The molecule has 2 aromatic carbocycles. The highest BCUT2D eigenvalue weighted by Crippen LogP contribution is 2.26. The molecule has 27 heavy (non-hydrogen) atoms. The van der Waals surface area contributed by atoms with Crippen LogP contribution in [0.3, 0.4) is 0 Å². The van der Waals surface area contributed by atoms with Crippen molar-refractivity contribution in [3.05, 3.63) is 77.5 Å². The summed E-state index contributed by atoms with van der Waals surface area (Å²) in [6.45, 7) is 1.95. The summed E-state index contributed by atoms with van der Waals surface area (Å²) < 4.78 is 5.30. The van der Waals surface area contributed by atoms with E-state index in [0.717, 1.165) is 11.3 Å². The molecule has 0 bridgehead atoms. The van der Waals surface area contributed by atoms with Gasteiger partial charge in [-0.25, -0.2) is 4.98 Å². The van der Waals surface area contributed by atoms with Crippen LogP contribution in [0.25, 0.3) is 0 Å². The van der Waals surface area contributed by atoms with Crippen molar-refractivity contribution in [1.29, 1.82) is 5.26 Å². The standard InChI is InChI=1S/C21H18N4O2/c1-14-3-8-19(27-2)18(11-14)25-21(26)16-9-10-23-20(12-16)24-17-6-4-15(13-22)5-7-17/h3-12H,1-2H3,(H,23,24)(H,25,26). The topological polar surface area (TPSA) is 87.0 Å². The van der Waals surface area contributed by atoms with Crippen LogP contribution in [0.2, 0.25) is 0 Å². The number of benzene rings is 2. The van der Waals surface area contributed by atoms with Gasteiger partial charge in [0.1, 0.15) is 11.6 Å². The number of aromatic nitrogens is 1. The molecule has 6 heteroatoms. The molecule has 1 heterocycles. The number of pyridine rings is 1. The number of rotatable bonds is 5. The Hall–Kier alpha value is -3.85. The number of anilines is 3. The first-order valence-corrected chi connectivity index (χ1v) is 8.28. The van der Waals surface area contributed by atoms with E-state index in [2.05, 4.69) is 21.7 Å². The summed E-state index contributed by atoms with van der Waals surface area (Å²) in [7, 11) is 1.56. The molecule has 0 aliphatic heterocycles. The molecule has 0 saturated carbocycles. The minimum atomic E-state index is -0.260. The third kappa shape index (κ3) is 4.41. The molecular formula is C21H18N4O2. The van der Waals surface area contributed by atoms with Gasteiger partial charge < -0.3 is 15.4 Å². The lowest BCUT2D eigenvalue weighted by Crippen LogP contribution is -2.13. The molecule has 134 valence electrons. The average molecular weight is 358 g/mol. The van der Waals surface area contributed by atoms with Gasteiger partial charge in [0, 0.05) is 17.4 Å². The molecular weight excluding hydrogens is 340 g/mol. The zero-order valence-corrected chi connectivity index (χ0v) is 15.0. The van der Waals surface area contributed by atoms with Crippen molar-refractivity contribution in [3.8, 4) is 11.8 Å². The third-order valence-corrected chi connectivity index (χ3v) is 3.91. The molecule has 0 radical (unpaired) electrons. The highest BCUT2D eigenvalue weighted by Gasteiger charge is 2.11. The lowest BCUT2D eigenvalue weighted by molar-refractivity contribution is 0.102. The SMILES string of the molecule is COc1ccc(C)cc1NC(=O)c1ccnc(Nc2ccc(C#N)cc2)c1. The van der Waals surface area contributed by atoms with Crippen LogP contribution in [0.4, 0.5) is 17.2 Å². The summed E-state index contributed by atoms with van der Waals surface area (Å²) in [6, 6.07) is 17.9. The molecule has 0 fully saturated rings. The number of nitrogens with one attached hydrogen (secondary N) is 2. The van der Waals surface area contributed by atoms with Gasteiger partial charge in [-0.3, -0.25) is 4.79 Å².